The molecule has 2 saturated heterocycles. The van der Waals surface area contributed by atoms with Gasteiger partial charge in [0.25, 0.3) is 0 Å². The fraction of sp³-hybridized carbons (Fsp3) is 0.533. The van der Waals surface area contributed by atoms with Gasteiger partial charge in [-0.05, 0) is 25.0 Å². The summed E-state index contributed by atoms with van der Waals surface area (Å²) in [6, 6.07) is 6.67. The van der Waals surface area contributed by atoms with Gasteiger partial charge < -0.3 is 10.6 Å². The summed E-state index contributed by atoms with van der Waals surface area (Å²) < 4.78 is 0. The Labute approximate surface area is 114 Å². The highest BCUT2D eigenvalue weighted by molar-refractivity contribution is 5.84. The summed E-state index contributed by atoms with van der Waals surface area (Å²) in [6.07, 6.45) is 0. The van der Waals surface area contributed by atoms with Gasteiger partial charge in [-0.1, -0.05) is 23.8 Å². The molecule has 19 heavy (non-hydrogen) atoms. The first-order valence-corrected chi connectivity index (χ1v) is 6.98. The smallest absolute Gasteiger partial charge is 0.242 e. The number of nitrogens with one attached hydrogen (secondary N) is 2. The number of carbonyl (C=O) groups is 1. The van der Waals surface area contributed by atoms with Crippen molar-refractivity contribution in [2.24, 2.45) is 0 Å². The molecule has 0 saturated carbocycles. The standard InChI is InChI=1S/C15H21N3O/c1-10-3-4-11(2)13(7-10)14-15(19)17-9-12-8-16-5-6-18(12)14/h3-4,7,12,14,16H,5-6,8-9H2,1-2H3,(H,17,19). The molecule has 2 heterocycles. The zero-order valence-electron chi connectivity index (χ0n) is 11.6. The van der Waals surface area contributed by atoms with Gasteiger partial charge in [-0.25, -0.2) is 0 Å². The van der Waals surface area contributed by atoms with E-state index in [1.165, 1.54) is 11.1 Å². The summed E-state index contributed by atoms with van der Waals surface area (Å²) in [7, 11) is 0. The van der Waals surface area contributed by atoms with Crippen LogP contribution in [0.5, 0.6) is 0 Å². The predicted octanol–water partition coefficient (Wildman–Crippen LogP) is 0.748. The van der Waals surface area contributed by atoms with Crippen molar-refractivity contribution in [3.05, 3.63) is 34.9 Å². The average Bonchev–Trinajstić information content (AvgIpc) is 2.42. The fourth-order valence-corrected chi connectivity index (χ4v) is 3.15. The Morgan fingerprint density at radius 1 is 1.26 bits per heavy atom. The van der Waals surface area contributed by atoms with Crippen molar-refractivity contribution in [3.8, 4) is 0 Å². The number of rotatable bonds is 1. The van der Waals surface area contributed by atoms with Gasteiger partial charge in [-0.15, -0.1) is 0 Å². The van der Waals surface area contributed by atoms with E-state index in [1.54, 1.807) is 0 Å². The molecule has 0 radical (unpaired) electrons. The van der Waals surface area contributed by atoms with E-state index in [9.17, 15) is 4.79 Å². The van der Waals surface area contributed by atoms with Gasteiger partial charge in [0.15, 0.2) is 0 Å². The number of amides is 1. The van der Waals surface area contributed by atoms with Crippen LogP contribution < -0.4 is 10.6 Å². The molecule has 4 heteroatoms. The summed E-state index contributed by atoms with van der Waals surface area (Å²) in [4.78, 5) is 14.7. The molecule has 2 aliphatic rings. The highest BCUT2D eigenvalue weighted by atomic mass is 16.2. The summed E-state index contributed by atoms with van der Waals surface area (Å²) in [5, 5.41) is 6.46. The molecule has 1 amide bonds. The van der Waals surface area contributed by atoms with E-state index < -0.39 is 0 Å². The maximum Gasteiger partial charge on any atom is 0.242 e. The molecule has 0 aromatic heterocycles. The Morgan fingerprint density at radius 2 is 2.11 bits per heavy atom. The van der Waals surface area contributed by atoms with Gasteiger partial charge in [-0.3, -0.25) is 9.69 Å². The SMILES string of the molecule is Cc1ccc(C)c(C2C(=O)NCC3CNCCN32)c1. The molecule has 0 aliphatic carbocycles. The van der Waals surface area contributed by atoms with Crippen LogP contribution in [0.1, 0.15) is 22.7 Å². The molecule has 1 aromatic carbocycles. The van der Waals surface area contributed by atoms with Gasteiger partial charge in [-0.2, -0.15) is 0 Å². The largest absolute Gasteiger partial charge is 0.353 e. The Bertz CT molecular complexity index is 500. The number of hydrogen-bond acceptors (Lipinski definition) is 3. The van der Waals surface area contributed by atoms with Crippen LogP contribution in [0.15, 0.2) is 18.2 Å². The lowest BCUT2D eigenvalue weighted by Gasteiger charge is -2.45. The summed E-state index contributed by atoms with van der Waals surface area (Å²) in [5.41, 5.74) is 3.57. The maximum absolute atomic E-state index is 12.3. The minimum absolute atomic E-state index is 0.124. The molecular formula is C15H21N3O. The minimum atomic E-state index is -0.124. The Balaban J connectivity index is 1.99. The van der Waals surface area contributed by atoms with E-state index in [2.05, 4.69) is 47.6 Å². The van der Waals surface area contributed by atoms with E-state index >= 15 is 0 Å². The highest BCUT2D eigenvalue weighted by Gasteiger charge is 2.38. The number of fused-ring (bicyclic) bond motifs is 1. The maximum atomic E-state index is 12.3. The summed E-state index contributed by atoms with van der Waals surface area (Å²) in [6.45, 7) is 7.79. The van der Waals surface area contributed by atoms with Crippen molar-refractivity contribution < 1.29 is 4.79 Å². The lowest BCUT2D eigenvalue weighted by Crippen LogP contribution is -2.63. The van der Waals surface area contributed by atoms with Crippen LogP contribution >= 0.6 is 0 Å². The van der Waals surface area contributed by atoms with E-state index in [4.69, 9.17) is 0 Å². The molecule has 2 atom stereocenters. The predicted molar refractivity (Wildman–Crippen MR) is 75.0 cm³/mol. The van der Waals surface area contributed by atoms with Gasteiger partial charge in [0.05, 0.1) is 0 Å². The molecule has 102 valence electrons. The first-order valence-electron chi connectivity index (χ1n) is 6.98. The third kappa shape index (κ3) is 2.26. The van der Waals surface area contributed by atoms with Crippen LogP contribution in [0.25, 0.3) is 0 Å². The van der Waals surface area contributed by atoms with Crippen LogP contribution in [0.2, 0.25) is 0 Å². The quantitative estimate of drug-likeness (QED) is 0.782. The molecule has 3 rings (SSSR count). The Hall–Kier alpha value is -1.39. The van der Waals surface area contributed by atoms with Crippen LogP contribution in [-0.2, 0) is 4.79 Å². The van der Waals surface area contributed by atoms with Crippen LogP contribution in [0.4, 0.5) is 0 Å². The lowest BCUT2D eigenvalue weighted by atomic mass is 9.93. The van der Waals surface area contributed by atoms with Crippen molar-refractivity contribution in [1.82, 2.24) is 15.5 Å². The van der Waals surface area contributed by atoms with Crippen molar-refractivity contribution in [1.29, 1.82) is 0 Å². The Kier molecular flexibility index (Phi) is 3.29. The molecular weight excluding hydrogens is 238 g/mol. The molecule has 0 bridgehead atoms. The molecule has 1 aromatic rings. The fourth-order valence-electron chi connectivity index (χ4n) is 3.15. The number of hydrogen-bond donors (Lipinski definition) is 2. The van der Waals surface area contributed by atoms with Gasteiger partial charge >= 0.3 is 0 Å². The minimum Gasteiger partial charge on any atom is -0.353 e. The van der Waals surface area contributed by atoms with E-state index in [0.717, 1.165) is 31.7 Å². The summed E-state index contributed by atoms with van der Waals surface area (Å²) >= 11 is 0. The molecule has 0 spiro atoms. The van der Waals surface area contributed by atoms with Gasteiger partial charge in [0.2, 0.25) is 5.91 Å². The second kappa shape index (κ2) is 4.94. The highest BCUT2D eigenvalue weighted by Crippen LogP contribution is 2.29. The van der Waals surface area contributed by atoms with Crippen molar-refractivity contribution in [2.45, 2.75) is 25.9 Å². The topological polar surface area (TPSA) is 44.4 Å². The zero-order valence-corrected chi connectivity index (χ0v) is 11.6. The van der Waals surface area contributed by atoms with Gasteiger partial charge in [0.1, 0.15) is 6.04 Å². The first kappa shape index (κ1) is 12.6. The van der Waals surface area contributed by atoms with Crippen LogP contribution in [-0.4, -0.2) is 43.0 Å². The van der Waals surface area contributed by atoms with E-state index in [1.807, 2.05) is 0 Å². The van der Waals surface area contributed by atoms with E-state index in [-0.39, 0.29) is 11.9 Å². The van der Waals surface area contributed by atoms with Crippen molar-refractivity contribution in [2.75, 3.05) is 26.2 Å². The third-order valence-corrected chi connectivity index (χ3v) is 4.22. The molecule has 2 fully saturated rings. The number of nitrogens with zero attached hydrogens (tertiary/aromatic N) is 1. The first-order chi connectivity index (χ1) is 9.16. The molecule has 2 N–H and O–H groups in total. The second-order valence-electron chi connectivity index (χ2n) is 5.60. The van der Waals surface area contributed by atoms with Crippen molar-refractivity contribution >= 4 is 5.91 Å². The van der Waals surface area contributed by atoms with Crippen molar-refractivity contribution in [3.63, 3.8) is 0 Å². The van der Waals surface area contributed by atoms with E-state index in [0.29, 0.717) is 6.04 Å². The molecule has 2 unspecified atom stereocenters. The normalized spacial score (nSPS) is 27.8. The van der Waals surface area contributed by atoms with Crippen LogP contribution in [0, 0.1) is 13.8 Å². The monoisotopic (exact) mass is 259 g/mol. The number of aryl methyl sites for hydroxylation is 2. The average molecular weight is 259 g/mol. The molecule has 2 aliphatic heterocycles. The number of carbonyl (C=O) groups excluding carboxylic acids is 1. The number of benzene rings is 1. The second-order valence-corrected chi connectivity index (χ2v) is 5.60. The Morgan fingerprint density at radius 3 is 2.95 bits per heavy atom. The number of piperazine rings is 2. The zero-order chi connectivity index (χ0) is 13.4. The lowest BCUT2D eigenvalue weighted by molar-refractivity contribution is -0.132. The van der Waals surface area contributed by atoms with Crippen LogP contribution in [0.3, 0.4) is 0 Å². The molecule has 4 nitrogen and oxygen atoms in total. The van der Waals surface area contributed by atoms with Gasteiger partial charge in [0, 0.05) is 32.2 Å². The summed E-state index contributed by atoms with van der Waals surface area (Å²) in [5.74, 6) is 0.145. The third-order valence-electron chi connectivity index (χ3n) is 4.22.